The quantitative estimate of drug-likeness (QED) is 0.559. The molecule has 1 aromatic carbocycles. The Balaban J connectivity index is 1.82. The minimum absolute atomic E-state index is 0.0120. The molecule has 0 atom stereocenters. The molecule has 4 N–H and O–H groups in total. The largest absolute Gasteiger partial charge is 0.417 e. The summed E-state index contributed by atoms with van der Waals surface area (Å²) in [5, 5.41) is 0.640. The molecule has 0 radical (unpaired) electrons. The van der Waals surface area contributed by atoms with Crippen LogP contribution in [0.2, 0.25) is 5.02 Å². The van der Waals surface area contributed by atoms with Crippen molar-refractivity contribution >= 4 is 23.5 Å². The zero-order chi connectivity index (χ0) is 22.1. The number of halogens is 4. The number of nitrogens with two attached hydrogens (primary N) is 2. The van der Waals surface area contributed by atoms with E-state index in [9.17, 15) is 18.0 Å². The smallest absolute Gasteiger partial charge is 0.399 e. The number of aromatic nitrogens is 2. The standard InChI is InChI=1S/C19H20ClF3N6O/c1-2-11-6-8-26-18(27-11)29(25)15-7-9-28(10-14(15)24)17(30)12-4-3-5-13(16(12)20)19(21,22)23/h3-6,8H,2,7,9-10,24-25H2,1H3. The number of alkyl halides is 3. The second-order valence-corrected chi connectivity index (χ2v) is 7.06. The summed E-state index contributed by atoms with van der Waals surface area (Å²) >= 11 is 5.88. The summed E-state index contributed by atoms with van der Waals surface area (Å²) in [4.78, 5) is 22.6. The maximum absolute atomic E-state index is 13.1. The molecule has 160 valence electrons. The topological polar surface area (TPSA) is 101 Å². The van der Waals surface area contributed by atoms with Gasteiger partial charge in [-0.15, -0.1) is 0 Å². The highest BCUT2D eigenvalue weighted by molar-refractivity contribution is 6.34. The number of hydrogen-bond donors (Lipinski definition) is 2. The number of hydrogen-bond acceptors (Lipinski definition) is 6. The molecule has 0 spiro atoms. The van der Waals surface area contributed by atoms with E-state index in [-0.39, 0.29) is 31.0 Å². The third-order valence-electron chi connectivity index (χ3n) is 4.74. The van der Waals surface area contributed by atoms with Crippen LogP contribution in [0.3, 0.4) is 0 Å². The van der Waals surface area contributed by atoms with E-state index < -0.39 is 22.7 Å². The molecule has 1 aromatic heterocycles. The lowest BCUT2D eigenvalue weighted by Gasteiger charge is -2.32. The number of rotatable bonds is 4. The van der Waals surface area contributed by atoms with E-state index in [0.29, 0.717) is 17.8 Å². The Hall–Kier alpha value is -2.85. The molecule has 11 heteroatoms. The molecule has 3 rings (SSSR count). The Morgan fingerprint density at radius 2 is 2.07 bits per heavy atom. The van der Waals surface area contributed by atoms with Crippen molar-refractivity contribution in [3.05, 3.63) is 63.7 Å². The maximum Gasteiger partial charge on any atom is 0.417 e. The predicted octanol–water partition coefficient (Wildman–Crippen LogP) is 3.11. The van der Waals surface area contributed by atoms with Gasteiger partial charge in [-0.05, 0) is 24.6 Å². The first-order chi connectivity index (χ1) is 14.1. The van der Waals surface area contributed by atoms with E-state index in [4.69, 9.17) is 23.2 Å². The Bertz CT molecular complexity index is 994. The molecule has 0 aliphatic carbocycles. The molecule has 0 saturated heterocycles. The zero-order valence-electron chi connectivity index (χ0n) is 16.1. The monoisotopic (exact) mass is 440 g/mol. The minimum atomic E-state index is -4.66. The van der Waals surface area contributed by atoms with Gasteiger partial charge in [0.1, 0.15) is 0 Å². The molecule has 1 aliphatic rings. The van der Waals surface area contributed by atoms with Gasteiger partial charge in [-0.2, -0.15) is 13.2 Å². The lowest BCUT2D eigenvalue weighted by atomic mass is 10.1. The molecule has 7 nitrogen and oxygen atoms in total. The maximum atomic E-state index is 13.1. The third kappa shape index (κ3) is 4.34. The number of benzene rings is 1. The number of carbonyl (C=O) groups excluding carboxylic acids is 1. The Morgan fingerprint density at radius 3 is 2.70 bits per heavy atom. The normalized spacial score (nSPS) is 14.8. The predicted molar refractivity (Wildman–Crippen MR) is 106 cm³/mol. The van der Waals surface area contributed by atoms with Gasteiger partial charge in [-0.3, -0.25) is 4.79 Å². The first-order valence-corrected chi connectivity index (χ1v) is 9.50. The van der Waals surface area contributed by atoms with Gasteiger partial charge >= 0.3 is 6.18 Å². The van der Waals surface area contributed by atoms with Crippen molar-refractivity contribution in [2.45, 2.75) is 25.9 Å². The molecule has 0 saturated carbocycles. The summed E-state index contributed by atoms with van der Waals surface area (Å²) in [5.41, 5.74) is 6.49. The fourth-order valence-electron chi connectivity index (χ4n) is 3.13. The van der Waals surface area contributed by atoms with Crippen molar-refractivity contribution in [1.82, 2.24) is 14.9 Å². The van der Waals surface area contributed by atoms with E-state index in [0.717, 1.165) is 17.8 Å². The second-order valence-electron chi connectivity index (χ2n) is 6.69. The van der Waals surface area contributed by atoms with Gasteiger partial charge in [-0.1, -0.05) is 24.6 Å². The van der Waals surface area contributed by atoms with E-state index in [1.807, 2.05) is 6.92 Å². The molecule has 2 heterocycles. The number of carbonyl (C=O) groups is 1. The first kappa shape index (κ1) is 21.8. The average molecular weight is 441 g/mol. The van der Waals surface area contributed by atoms with Crippen molar-refractivity contribution in [2.75, 3.05) is 18.1 Å². The number of nitrogens with zero attached hydrogens (tertiary/aromatic N) is 4. The van der Waals surface area contributed by atoms with Crippen LogP contribution in [0.15, 0.2) is 41.9 Å². The molecular formula is C19H20ClF3N6O. The van der Waals surface area contributed by atoms with Crippen molar-refractivity contribution < 1.29 is 18.0 Å². The van der Waals surface area contributed by atoms with Crippen LogP contribution < -0.4 is 16.6 Å². The fraction of sp³-hybridized carbons (Fsp3) is 0.316. The van der Waals surface area contributed by atoms with Crippen LogP contribution in [-0.2, 0) is 12.6 Å². The average Bonchev–Trinajstić information content (AvgIpc) is 2.72. The molecule has 2 aromatic rings. The Labute approximate surface area is 176 Å². The fourth-order valence-corrected chi connectivity index (χ4v) is 3.44. The SMILES string of the molecule is CCc1ccnc(N(N)C2=C(N)CN(C(=O)c3cccc(C(F)(F)F)c3Cl)CC2)n1. The van der Waals surface area contributed by atoms with Crippen molar-refractivity contribution in [3.8, 4) is 0 Å². The second kappa shape index (κ2) is 8.49. The van der Waals surface area contributed by atoms with E-state index in [1.165, 1.54) is 16.0 Å². The summed E-state index contributed by atoms with van der Waals surface area (Å²) in [6.07, 6.45) is -2.08. The van der Waals surface area contributed by atoms with Gasteiger partial charge in [0.2, 0.25) is 5.95 Å². The molecule has 1 amide bonds. The molecular weight excluding hydrogens is 421 g/mol. The number of aryl methyl sites for hydroxylation is 1. The molecule has 0 bridgehead atoms. The van der Waals surface area contributed by atoms with E-state index >= 15 is 0 Å². The van der Waals surface area contributed by atoms with Gasteiger partial charge in [0, 0.05) is 30.6 Å². The van der Waals surface area contributed by atoms with E-state index in [1.54, 1.807) is 12.3 Å². The Morgan fingerprint density at radius 1 is 1.33 bits per heavy atom. The van der Waals surface area contributed by atoms with Gasteiger partial charge in [0.05, 0.1) is 28.4 Å². The molecule has 30 heavy (non-hydrogen) atoms. The molecule has 0 fully saturated rings. The first-order valence-electron chi connectivity index (χ1n) is 9.12. The van der Waals surface area contributed by atoms with Crippen LogP contribution in [0.25, 0.3) is 0 Å². The highest BCUT2D eigenvalue weighted by atomic mass is 35.5. The minimum Gasteiger partial charge on any atom is -0.399 e. The highest BCUT2D eigenvalue weighted by Gasteiger charge is 2.35. The summed E-state index contributed by atoms with van der Waals surface area (Å²) < 4.78 is 39.3. The van der Waals surface area contributed by atoms with Gasteiger partial charge in [0.25, 0.3) is 5.91 Å². The van der Waals surface area contributed by atoms with Gasteiger partial charge in [0.15, 0.2) is 0 Å². The third-order valence-corrected chi connectivity index (χ3v) is 5.15. The van der Waals surface area contributed by atoms with Crippen LogP contribution in [0.5, 0.6) is 0 Å². The summed E-state index contributed by atoms with van der Waals surface area (Å²) in [6.45, 7) is 2.13. The van der Waals surface area contributed by atoms with Gasteiger partial charge < -0.3 is 10.6 Å². The van der Waals surface area contributed by atoms with Crippen LogP contribution in [0.4, 0.5) is 19.1 Å². The van der Waals surface area contributed by atoms with Crippen LogP contribution >= 0.6 is 11.6 Å². The van der Waals surface area contributed by atoms with Gasteiger partial charge in [-0.25, -0.2) is 20.8 Å². The van der Waals surface area contributed by atoms with Crippen molar-refractivity contribution in [3.63, 3.8) is 0 Å². The molecule has 0 unspecified atom stereocenters. The Kier molecular flexibility index (Phi) is 6.18. The van der Waals surface area contributed by atoms with Crippen LogP contribution in [-0.4, -0.2) is 33.9 Å². The molecule has 1 aliphatic heterocycles. The lowest BCUT2D eigenvalue weighted by molar-refractivity contribution is -0.137. The number of anilines is 1. The summed E-state index contributed by atoms with van der Waals surface area (Å²) in [6, 6.07) is 5.01. The lowest BCUT2D eigenvalue weighted by Crippen LogP contribution is -2.44. The summed E-state index contributed by atoms with van der Waals surface area (Å²) in [5.74, 6) is 5.76. The summed E-state index contributed by atoms with van der Waals surface area (Å²) in [7, 11) is 0. The highest BCUT2D eigenvalue weighted by Crippen LogP contribution is 2.36. The zero-order valence-corrected chi connectivity index (χ0v) is 16.8. The van der Waals surface area contributed by atoms with E-state index in [2.05, 4.69) is 9.97 Å². The number of amides is 1. The van der Waals surface area contributed by atoms with Crippen molar-refractivity contribution in [1.29, 1.82) is 0 Å². The van der Waals surface area contributed by atoms with Crippen LogP contribution in [0.1, 0.15) is 35.0 Å². The number of hydrazine groups is 1. The van der Waals surface area contributed by atoms with Crippen molar-refractivity contribution in [2.24, 2.45) is 11.6 Å². The van der Waals surface area contributed by atoms with Crippen LogP contribution in [0, 0.1) is 0 Å².